The van der Waals surface area contributed by atoms with Gasteiger partial charge in [0.05, 0.1) is 47.9 Å². The van der Waals surface area contributed by atoms with E-state index < -0.39 is 87.6 Å². The van der Waals surface area contributed by atoms with E-state index in [0.717, 1.165) is 30.3 Å². The Balaban J connectivity index is 2.04. The Morgan fingerprint density at radius 3 is 1.23 bits per heavy atom. The number of carbonyl (C=O) groups excluding carboxylic acids is 2. The smallest absolute Gasteiger partial charge is 0.344 e. The Bertz CT molecular complexity index is 1600. The molecule has 0 aliphatic carbocycles. The van der Waals surface area contributed by atoms with Gasteiger partial charge in [-0.3, -0.25) is 50.6 Å². The van der Waals surface area contributed by atoms with Gasteiger partial charge in [0.1, 0.15) is 0 Å². The van der Waals surface area contributed by atoms with Crippen molar-refractivity contribution >= 4 is 40.4 Å². The summed E-state index contributed by atoms with van der Waals surface area (Å²) in [6.45, 7) is 0. The second kappa shape index (κ2) is 10.7. The first kappa shape index (κ1) is 27.2. The lowest BCUT2D eigenvalue weighted by Gasteiger charge is -2.10. The van der Waals surface area contributed by atoms with E-state index in [2.05, 4.69) is 0 Å². The molecule has 0 fully saturated rings. The van der Waals surface area contributed by atoms with Crippen molar-refractivity contribution in [2.45, 2.75) is 0 Å². The molecule has 0 saturated heterocycles. The van der Waals surface area contributed by atoms with Crippen LogP contribution >= 0.6 is 0 Å². The van der Waals surface area contributed by atoms with E-state index in [0.29, 0.717) is 24.3 Å². The van der Waals surface area contributed by atoms with E-state index in [1.165, 1.54) is 0 Å². The summed E-state index contributed by atoms with van der Waals surface area (Å²) in [5, 5.41) is 55.6. The maximum absolute atomic E-state index is 12.9. The predicted octanol–water partition coefficient (Wildman–Crippen LogP) is 3.67. The Morgan fingerprint density at radius 2 is 0.846 bits per heavy atom. The summed E-state index contributed by atoms with van der Waals surface area (Å²) >= 11 is 0. The van der Waals surface area contributed by atoms with Gasteiger partial charge in [-0.15, -0.1) is 0 Å². The molecular weight excluding hydrogens is 534 g/mol. The molecular formula is C20H9N5O14. The lowest BCUT2D eigenvalue weighted by Crippen LogP contribution is -2.18. The lowest BCUT2D eigenvalue weighted by atomic mass is 10.1. The summed E-state index contributed by atoms with van der Waals surface area (Å²) in [4.78, 5) is 76.3. The molecule has 198 valence electrons. The highest BCUT2D eigenvalue weighted by Crippen LogP contribution is 2.34. The molecule has 0 heterocycles. The van der Waals surface area contributed by atoms with E-state index in [1.54, 1.807) is 0 Å². The third-order valence-corrected chi connectivity index (χ3v) is 4.76. The molecule has 0 aromatic heterocycles. The Kier molecular flexibility index (Phi) is 7.46. The maximum Gasteiger partial charge on any atom is 0.344 e. The first-order valence-electron chi connectivity index (χ1n) is 9.88. The summed E-state index contributed by atoms with van der Waals surface area (Å²) in [6.07, 6.45) is 0. The molecule has 0 aliphatic rings. The van der Waals surface area contributed by atoms with Crippen LogP contribution in [0.15, 0.2) is 54.6 Å². The first-order valence-corrected chi connectivity index (χ1v) is 9.88. The Labute approximate surface area is 212 Å². The van der Waals surface area contributed by atoms with Crippen molar-refractivity contribution in [2.75, 3.05) is 0 Å². The number of nitrogens with zero attached hydrogens (tertiary/aromatic N) is 5. The molecule has 0 amide bonds. The van der Waals surface area contributed by atoms with Gasteiger partial charge in [-0.1, -0.05) is 0 Å². The SMILES string of the molecule is O=C(Oc1ccc([N+](=O)[O-])cc1[N+](=O)[O-])c1ccc([N+](=O)[O-])cc1C(=O)Oc1ccc([N+](=O)[O-])cc1[N+](=O)[O-]. The summed E-state index contributed by atoms with van der Waals surface area (Å²) in [6, 6.07) is 6.05. The maximum atomic E-state index is 12.9. The third-order valence-electron chi connectivity index (χ3n) is 4.76. The van der Waals surface area contributed by atoms with Crippen LogP contribution < -0.4 is 9.47 Å². The van der Waals surface area contributed by atoms with Crippen LogP contribution in [0.5, 0.6) is 11.5 Å². The standard InChI is InChI=1S/C20H9N5O14/c26-19(38-17-5-2-11(22(30)31)8-15(17)24(34)35)13-4-1-10(21(28)29)7-14(13)20(27)39-18-6-3-12(23(32)33)9-16(18)25(36)37/h1-9H. The average molecular weight is 543 g/mol. The van der Waals surface area contributed by atoms with Crippen molar-refractivity contribution in [3.63, 3.8) is 0 Å². The average Bonchev–Trinajstić information content (AvgIpc) is 2.88. The van der Waals surface area contributed by atoms with E-state index in [-0.39, 0.29) is 0 Å². The molecule has 0 atom stereocenters. The van der Waals surface area contributed by atoms with E-state index >= 15 is 0 Å². The summed E-state index contributed by atoms with van der Waals surface area (Å²) in [7, 11) is 0. The van der Waals surface area contributed by atoms with Gasteiger partial charge in [-0.25, -0.2) is 9.59 Å². The molecule has 3 aromatic carbocycles. The monoisotopic (exact) mass is 543 g/mol. The van der Waals surface area contributed by atoms with Gasteiger partial charge in [-0.05, 0) is 18.2 Å². The van der Waals surface area contributed by atoms with Crippen LogP contribution in [0.4, 0.5) is 28.4 Å². The highest BCUT2D eigenvalue weighted by Gasteiger charge is 2.29. The van der Waals surface area contributed by atoms with Crippen LogP contribution in [0, 0.1) is 50.6 Å². The zero-order valence-corrected chi connectivity index (χ0v) is 18.6. The van der Waals surface area contributed by atoms with Gasteiger partial charge in [-0.2, -0.15) is 0 Å². The molecule has 0 N–H and O–H groups in total. The number of ether oxygens (including phenoxy) is 2. The second-order valence-electron chi connectivity index (χ2n) is 7.10. The topological polar surface area (TPSA) is 268 Å². The van der Waals surface area contributed by atoms with Crippen molar-refractivity contribution in [1.82, 2.24) is 0 Å². The van der Waals surface area contributed by atoms with Crippen LogP contribution in [-0.2, 0) is 0 Å². The summed E-state index contributed by atoms with van der Waals surface area (Å²) in [5.74, 6) is -4.65. The Hall–Kier alpha value is -6.40. The fraction of sp³-hybridized carbons (Fsp3) is 0. The first-order chi connectivity index (χ1) is 18.3. The highest BCUT2D eigenvalue weighted by atomic mass is 16.6. The largest absolute Gasteiger partial charge is 0.416 e. The zero-order chi connectivity index (χ0) is 29.0. The molecule has 19 nitrogen and oxygen atoms in total. The van der Waals surface area contributed by atoms with Gasteiger partial charge < -0.3 is 9.47 Å². The van der Waals surface area contributed by atoms with Gasteiger partial charge in [0.2, 0.25) is 11.5 Å². The molecule has 0 spiro atoms. The van der Waals surface area contributed by atoms with Crippen LogP contribution in [0.1, 0.15) is 20.7 Å². The number of nitro groups is 5. The molecule has 0 radical (unpaired) electrons. The minimum absolute atomic E-state index is 0.485. The van der Waals surface area contributed by atoms with Gasteiger partial charge in [0.15, 0.2) is 0 Å². The van der Waals surface area contributed by atoms with Crippen LogP contribution in [0.25, 0.3) is 0 Å². The van der Waals surface area contributed by atoms with Crippen molar-refractivity contribution in [1.29, 1.82) is 0 Å². The molecule has 3 rings (SSSR count). The van der Waals surface area contributed by atoms with Crippen LogP contribution in [-0.4, -0.2) is 36.6 Å². The summed E-state index contributed by atoms with van der Waals surface area (Å²) in [5.41, 5.74) is -5.79. The molecule has 3 aromatic rings. The number of nitro benzene ring substituents is 5. The number of hydrogen-bond donors (Lipinski definition) is 0. The summed E-state index contributed by atoms with van der Waals surface area (Å²) < 4.78 is 9.80. The Morgan fingerprint density at radius 1 is 0.487 bits per heavy atom. The van der Waals surface area contributed by atoms with Crippen molar-refractivity contribution in [3.8, 4) is 11.5 Å². The molecule has 0 bridgehead atoms. The minimum atomic E-state index is -1.57. The molecule has 0 unspecified atom stereocenters. The number of esters is 2. The highest BCUT2D eigenvalue weighted by molar-refractivity contribution is 6.05. The number of hydrogen-bond acceptors (Lipinski definition) is 14. The van der Waals surface area contributed by atoms with Gasteiger partial charge >= 0.3 is 23.3 Å². The number of carbonyl (C=O) groups is 2. The predicted molar refractivity (Wildman–Crippen MR) is 123 cm³/mol. The van der Waals surface area contributed by atoms with E-state index in [9.17, 15) is 60.2 Å². The zero-order valence-electron chi connectivity index (χ0n) is 18.6. The van der Waals surface area contributed by atoms with Crippen molar-refractivity contribution in [3.05, 3.63) is 116 Å². The quantitative estimate of drug-likeness (QED) is 0.161. The third kappa shape index (κ3) is 5.88. The lowest BCUT2D eigenvalue weighted by molar-refractivity contribution is -0.394. The van der Waals surface area contributed by atoms with Gasteiger partial charge in [0.25, 0.3) is 17.1 Å². The van der Waals surface area contributed by atoms with Crippen molar-refractivity contribution in [2.24, 2.45) is 0 Å². The molecule has 0 aliphatic heterocycles. The molecule has 39 heavy (non-hydrogen) atoms. The van der Waals surface area contributed by atoms with Crippen LogP contribution in [0.2, 0.25) is 0 Å². The number of non-ortho nitro benzene ring substituents is 3. The fourth-order valence-corrected chi connectivity index (χ4v) is 3.00. The molecule has 0 saturated carbocycles. The van der Waals surface area contributed by atoms with Gasteiger partial charge in [0, 0.05) is 24.3 Å². The van der Waals surface area contributed by atoms with E-state index in [1.807, 2.05) is 0 Å². The van der Waals surface area contributed by atoms with Crippen molar-refractivity contribution < 1.29 is 43.7 Å². The van der Waals surface area contributed by atoms with E-state index in [4.69, 9.17) is 9.47 Å². The normalized spacial score (nSPS) is 10.3. The second-order valence-corrected chi connectivity index (χ2v) is 7.10. The number of benzene rings is 3. The number of rotatable bonds is 9. The molecule has 19 heteroatoms. The fourth-order valence-electron chi connectivity index (χ4n) is 3.00. The van der Waals surface area contributed by atoms with Crippen LogP contribution in [0.3, 0.4) is 0 Å². The minimum Gasteiger partial charge on any atom is -0.416 e.